The monoisotopic (exact) mass is 432 g/mol. The molecular weight excluding hydrogens is 388 g/mol. The first-order valence-corrected chi connectivity index (χ1v) is 11.8. The van der Waals surface area contributed by atoms with Gasteiger partial charge in [-0.05, 0) is 32.3 Å². The summed E-state index contributed by atoms with van der Waals surface area (Å²) in [6.07, 6.45) is 0. The van der Waals surface area contributed by atoms with Gasteiger partial charge in [0, 0.05) is 17.0 Å². The lowest BCUT2D eigenvalue weighted by Crippen LogP contribution is -3.16. The van der Waals surface area contributed by atoms with Crippen LogP contribution >= 0.6 is 0 Å². The number of hydrogen-bond donors (Lipinski definition) is 3. The minimum absolute atomic E-state index is 0.0823. The number of rotatable bonds is 8. The molecule has 0 bridgehead atoms. The fourth-order valence-corrected chi connectivity index (χ4v) is 4.19. The highest BCUT2D eigenvalue weighted by molar-refractivity contribution is 5.78. The Balaban J connectivity index is 1.83. The molecule has 1 saturated heterocycles. The molecule has 1 aromatic carbocycles. The van der Waals surface area contributed by atoms with Gasteiger partial charge >= 0.3 is 0 Å². The zero-order valence-electron chi connectivity index (χ0n) is 20.6. The lowest BCUT2D eigenvalue weighted by Gasteiger charge is -2.32. The van der Waals surface area contributed by atoms with Crippen molar-refractivity contribution in [2.24, 2.45) is 5.92 Å². The molecule has 4 N–H and O–H groups in total. The average Bonchev–Trinajstić information content (AvgIpc) is 2.67. The summed E-state index contributed by atoms with van der Waals surface area (Å²) < 4.78 is 0. The van der Waals surface area contributed by atoms with Gasteiger partial charge in [-0.2, -0.15) is 0 Å². The lowest BCUT2D eigenvalue weighted by atomic mass is 9.93. The van der Waals surface area contributed by atoms with Crippen LogP contribution in [0.4, 0.5) is 0 Å². The van der Waals surface area contributed by atoms with Gasteiger partial charge in [-0.25, -0.2) is 0 Å². The molecule has 1 atom stereocenters. The molecule has 6 heteroatoms. The second kappa shape index (κ2) is 11.1. The van der Waals surface area contributed by atoms with E-state index in [1.807, 2.05) is 25.7 Å². The first-order chi connectivity index (χ1) is 14.5. The minimum Gasteiger partial charge on any atom is -0.347 e. The quantitative estimate of drug-likeness (QED) is 0.566. The van der Waals surface area contributed by atoms with Crippen molar-refractivity contribution in [3.8, 4) is 0 Å². The second-order valence-corrected chi connectivity index (χ2v) is 10.6. The Kier molecular flexibility index (Phi) is 9.07. The molecule has 2 amide bonds. The van der Waals surface area contributed by atoms with E-state index in [9.17, 15) is 9.59 Å². The lowest BCUT2D eigenvalue weighted by molar-refractivity contribution is -0.896. The van der Waals surface area contributed by atoms with Gasteiger partial charge in [0.2, 0.25) is 0 Å². The topological polar surface area (TPSA) is 70.5 Å². The van der Waals surface area contributed by atoms with Crippen LogP contribution in [-0.2, 0) is 9.59 Å². The predicted octanol–water partition coefficient (Wildman–Crippen LogP) is 0.712. The summed E-state index contributed by atoms with van der Waals surface area (Å²) in [6.45, 7) is 18.9. The van der Waals surface area contributed by atoms with Gasteiger partial charge in [0.1, 0.15) is 6.04 Å². The third-order valence-electron chi connectivity index (χ3n) is 6.00. The third-order valence-corrected chi connectivity index (χ3v) is 6.00. The maximum absolute atomic E-state index is 12.8. The molecule has 0 spiro atoms. The van der Waals surface area contributed by atoms with Gasteiger partial charge in [0.25, 0.3) is 11.8 Å². The van der Waals surface area contributed by atoms with E-state index in [1.54, 1.807) is 0 Å². The van der Waals surface area contributed by atoms with E-state index >= 15 is 0 Å². The summed E-state index contributed by atoms with van der Waals surface area (Å²) in [6, 6.07) is 9.13. The Hall–Kier alpha value is -1.92. The Bertz CT molecular complexity index is 714. The van der Waals surface area contributed by atoms with Crippen molar-refractivity contribution >= 4 is 11.8 Å². The molecule has 0 unspecified atom stereocenters. The summed E-state index contributed by atoms with van der Waals surface area (Å²) >= 11 is 0. The number of nitrogens with one attached hydrogen (secondary N) is 2. The van der Waals surface area contributed by atoms with Gasteiger partial charge < -0.3 is 20.4 Å². The summed E-state index contributed by atoms with van der Waals surface area (Å²) in [5.41, 5.74) is 2.43. The fraction of sp³-hybridized carbons (Fsp3) is 0.680. The van der Waals surface area contributed by atoms with E-state index in [0.29, 0.717) is 24.9 Å². The van der Waals surface area contributed by atoms with Crippen molar-refractivity contribution in [1.29, 1.82) is 0 Å². The smallest absolute Gasteiger partial charge is 0.278 e. The Morgan fingerprint density at radius 1 is 1.03 bits per heavy atom. The molecule has 6 nitrogen and oxygen atoms in total. The van der Waals surface area contributed by atoms with Crippen LogP contribution in [0.3, 0.4) is 0 Å². The highest BCUT2D eigenvalue weighted by Gasteiger charge is 2.28. The Labute approximate surface area is 188 Å². The first kappa shape index (κ1) is 25.3. The molecule has 0 aliphatic carbocycles. The molecule has 174 valence electrons. The molecule has 1 aromatic rings. The van der Waals surface area contributed by atoms with Crippen LogP contribution in [0.25, 0.3) is 0 Å². The number of nitrogens with two attached hydrogens (primary N) is 1. The standard InChI is InChI=1S/C25H42N4O2/c1-18(2)20-8-10-21(11-9-20)24(19(3)4)26-16-23(31)29-14-12-28(13-15-29)17-22(30)27-25(5,6)7/h8-11,18-19,24,26H,12-17H2,1-7H3,(H,27,30)/p+2/t24-/m0/s1. The van der Waals surface area contributed by atoms with Crippen molar-refractivity contribution < 1.29 is 19.8 Å². The van der Waals surface area contributed by atoms with E-state index in [1.165, 1.54) is 16.0 Å². The summed E-state index contributed by atoms with van der Waals surface area (Å²) in [7, 11) is 0. The molecule has 0 aromatic heterocycles. The highest BCUT2D eigenvalue weighted by Crippen LogP contribution is 2.21. The number of hydrogen-bond acceptors (Lipinski definition) is 2. The van der Waals surface area contributed by atoms with Crippen molar-refractivity contribution in [3.63, 3.8) is 0 Å². The highest BCUT2D eigenvalue weighted by atomic mass is 16.2. The number of carbonyl (C=O) groups is 2. The maximum atomic E-state index is 12.8. The molecule has 1 aliphatic heterocycles. The molecule has 1 aliphatic rings. The van der Waals surface area contributed by atoms with Crippen LogP contribution in [0.5, 0.6) is 0 Å². The number of piperazine rings is 1. The van der Waals surface area contributed by atoms with E-state index in [-0.39, 0.29) is 23.4 Å². The largest absolute Gasteiger partial charge is 0.347 e. The average molecular weight is 433 g/mol. The molecule has 1 heterocycles. The fourth-order valence-electron chi connectivity index (χ4n) is 4.19. The van der Waals surface area contributed by atoms with Gasteiger partial charge in [0.05, 0.1) is 26.2 Å². The number of amides is 2. The molecule has 0 saturated carbocycles. The van der Waals surface area contributed by atoms with Crippen molar-refractivity contribution in [3.05, 3.63) is 35.4 Å². The molecule has 1 fully saturated rings. The SMILES string of the molecule is CC(C)c1ccc([C@@H]([NH2+]CC(=O)N2CC[NH+](CC(=O)NC(C)(C)C)CC2)C(C)C)cc1. The predicted molar refractivity (Wildman–Crippen MR) is 125 cm³/mol. The van der Waals surface area contributed by atoms with Crippen molar-refractivity contribution in [1.82, 2.24) is 10.2 Å². The second-order valence-electron chi connectivity index (χ2n) is 10.6. The Morgan fingerprint density at radius 2 is 1.58 bits per heavy atom. The summed E-state index contributed by atoms with van der Waals surface area (Å²) in [5.74, 6) is 1.25. The third kappa shape index (κ3) is 8.26. The van der Waals surface area contributed by atoms with E-state index in [2.05, 4.69) is 62.6 Å². The number of carbonyl (C=O) groups excluding carboxylic acids is 2. The van der Waals surface area contributed by atoms with Gasteiger partial charge in [0.15, 0.2) is 13.1 Å². The molecular formula is C25H44N4O2+2. The maximum Gasteiger partial charge on any atom is 0.278 e. The van der Waals surface area contributed by atoms with Crippen molar-refractivity contribution in [2.45, 2.75) is 66.0 Å². The van der Waals surface area contributed by atoms with E-state index in [4.69, 9.17) is 0 Å². The molecule has 0 radical (unpaired) electrons. The number of quaternary nitrogens is 2. The van der Waals surface area contributed by atoms with Gasteiger partial charge in [-0.15, -0.1) is 0 Å². The van der Waals surface area contributed by atoms with Crippen LogP contribution in [0.15, 0.2) is 24.3 Å². The first-order valence-electron chi connectivity index (χ1n) is 11.8. The number of benzene rings is 1. The zero-order chi connectivity index (χ0) is 23.2. The summed E-state index contributed by atoms with van der Waals surface area (Å²) in [5, 5.41) is 5.21. The van der Waals surface area contributed by atoms with Crippen molar-refractivity contribution in [2.75, 3.05) is 39.3 Å². The normalized spacial score (nSPS) is 16.6. The Morgan fingerprint density at radius 3 is 2.06 bits per heavy atom. The van der Waals surface area contributed by atoms with E-state index < -0.39 is 0 Å². The van der Waals surface area contributed by atoms with Crippen LogP contribution in [0.2, 0.25) is 0 Å². The van der Waals surface area contributed by atoms with Crippen LogP contribution < -0.4 is 15.5 Å². The summed E-state index contributed by atoms with van der Waals surface area (Å²) in [4.78, 5) is 28.2. The van der Waals surface area contributed by atoms with Crippen LogP contribution in [0.1, 0.15) is 71.6 Å². The van der Waals surface area contributed by atoms with E-state index in [0.717, 1.165) is 26.2 Å². The minimum atomic E-state index is -0.202. The zero-order valence-corrected chi connectivity index (χ0v) is 20.6. The molecule has 2 rings (SSSR count). The van der Waals surface area contributed by atoms with Gasteiger partial charge in [-0.3, -0.25) is 9.59 Å². The van der Waals surface area contributed by atoms with Gasteiger partial charge in [-0.1, -0.05) is 52.0 Å². The van der Waals surface area contributed by atoms with Crippen LogP contribution in [-0.4, -0.2) is 61.5 Å². The molecule has 31 heavy (non-hydrogen) atoms. The number of nitrogens with zero attached hydrogens (tertiary/aromatic N) is 1. The van der Waals surface area contributed by atoms with Crippen LogP contribution in [0, 0.1) is 5.92 Å².